The van der Waals surface area contributed by atoms with Gasteiger partial charge >= 0.3 is 0 Å². The van der Waals surface area contributed by atoms with Gasteiger partial charge in [-0.1, -0.05) is 0 Å². The summed E-state index contributed by atoms with van der Waals surface area (Å²) in [6, 6.07) is 5.03. The normalized spacial score (nSPS) is 15.9. The Labute approximate surface area is 99.9 Å². The van der Waals surface area contributed by atoms with Crippen LogP contribution < -0.4 is 5.32 Å². The molecule has 0 atom stereocenters. The average Bonchev–Trinajstić information content (AvgIpc) is 2.41. The monoisotopic (exact) mass is 240 g/mol. The molecule has 0 radical (unpaired) electrons. The van der Waals surface area contributed by atoms with Crippen LogP contribution in [0.1, 0.15) is 11.5 Å². The molecule has 0 spiro atoms. The van der Waals surface area contributed by atoms with E-state index in [2.05, 4.69) is 11.5 Å². The molecular formula is C12H14ClFN2. The number of aromatic nitrogens is 1. The van der Waals surface area contributed by atoms with Crippen molar-refractivity contribution in [3.8, 4) is 0 Å². The molecule has 2 aromatic rings. The molecule has 1 N–H and O–H groups in total. The van der Waals surface area contributed by atoms with E-state index in [0.717, 1.165) is 18.6 Å². The minimum absolute atomic E-state index is 0. The van der Waals surface area contributed by atoms with Crippen LogP contribution in [0.5, 0.6) is 0 Å². The molecular weight excluding hydrogens is 227 g/mol. The molecule has 1 aliphatic rings. The molecule has 0 bridgehead atoms. The number of fused-ring (bicyclic) bond motifs is 1. The minimum Gasteiger partial charge on any atom is -0.350 e. The van der Waals surface area contributed by atoms with E-state index < -0.39 is 0 Å². The topological polar surface area (TPSA) is 17.0 Å². The maximum atomic E-state index is 13.1. The van der Waals surface area contributed by atoms with E-state index in [1.165, 1.54) is 17.0 Å². The van der Waals surface area contributed by atoms with Gasteiger partial charge in [0.2, 0.25) is 0 Å². The average molecular weight is 241 g/mol. The molecule has 0 amide bonds. The number of rotatable bonds is 1. The summed E-state index contributed by atoms with van der Waals surface area (Å²) in [4.78, 5) is 0. The van der Waals surface area contributed by atoms with Crippen LogP contribution in [-0.2, 0) is 7.05 Å². The molecule has 0 aliphatic carbocycles. The van der Waals surface area contributed by atoms with E-state index in [0.29, 0.717) is 5.92 Å². The van der Waals surface area contributed by atoms with Gasteiger partial charge in [-0.05, 0) is 23.8 Å². The van der Waals surface area contributed by atoms with Crippen molar-refractivity contribution in [2.75, 3.05) is 13.1 Å². The van der Waals surface area contributed by atoms with Crippen LogP contribution in [0.2, 0.25) is 0 Å². The molecule has 1 aromatic heterocycles. The van der Waals surface area contributed by atoms with Crippen molar-refractivity contribution in [2.24, 2.45) is 7.05 Å². The minimum atomic E-state index is -0.165. The zero-order valence-corrected chi connectivity index (χ0v) is 9.85. The fourth-order valence-corrected chi connectivity index (χ4v) is 2.22. The van der Waals surface area contributed by atoms with Gasteiger partial charge in [0.1, 0.15) is 5.82 Å². The molecule has 1 aromatic carbocycles. The predicted molar refractivity (Wildman–Crippen MR) is 65.7 cm³/mol. The third-order valence-corrected chi connectivity index (χ3v) is 3.20. The van der Waals surface area contributed by atoms with E-state index in [-0.39, 0.29) is 18.2 Å². The Balaban J connectivity index is 0.000000963. The summed E-state index contributed by atoms with van der Waals surface area (Å²) in [6.07, 6.45) is 2.12. The molecule has 1 aliphatic heterocycles. The van der Waals surface area contributed by atoms with Crippen LogP contribution in [-0.4, -0.2) is 17.7 Å². The maximum Gasteiger partial charge on any atom is 0.125 e. The Morgan fingerprint density at radius 2 is 2.12 bits per heavy atom. The van der Waals surface area contributed by atoms with Gasteiger partial charge in [-0.15, -0.1) is 12.4 Å². The fraction of sp³-hybridized carbons (Fsp3) is 0.333. The zero-order chi connectivity index (χ0) is 10.4. The number of nitrogens with zero attached hydrogens (tertiary/aromatic N) is 1. The van der Waals surface area contributed by atoms with Crippen molar-refractivity contribution in [1.82, 2.24) is 9.88 Å². The van der Waals surface area contributed by atoms with Crippen molar-refractivity contribution in [1.29, 1.82) is 0 Å². The van der Waals surface area contributed by atoms with Gasteiger partial charge in [0.05, 0.1) is 5.52 Å². The van der Waals surface area contributed by atoms with Crippen molar-refractivity contribution < 1.29 is 4.39 Å². The Hall–Kier alpha value is -1.06. The highest BCUT2D eigenvalue weighted by Crippen LogP contribution is 2.29. The van der Waals surface area contributed by atoms with Crippen LogP contribution in [0.3, 0.4) is 0 Å². The van der Waals surface area contributed by atoms with Gasteiger partial charge in [0.15, 0.2) is 0 Å². The number of hydrogen-bond donors (Lipinski definition) is 1. The van der Waals surface area contributed by atoms with Crippen LogP contribution >= 0.6 is 12.4 Å². The molecule has 1 saturated heterocycles. The Bertz CT molecular complexity index is 517. The number of hydrogen-bond acceptors (Lipinski definition) is 1. The summed E-state index contributed by atoms with van der Waals surface area (Å²) < 4.78 is 15.1. The second-order valence-corrected chi connectivity index (χ2v) is 4.21. The van der Waals surface area contributed by atoms with Crippen LogP contribution in [0.15, 0.2) is 24.4 Å². The third-order valence-electron chi connectivity index (χ3n) is 3.20. The SMILES string of the molecule is Cl.Cn1cc(C2CNC2)c2ccc(F)cc21. The first-order chi connectivity index (χ1) is 7.25. The summed E-state index contributed by atoms with van der Waals surface area (Å²) in [5.74, 6) is 0.432. The smallest absolute Gasteiger partial charge is 0.125 e. The summed E-state index contributed by atoms with van der Waals surface area (Å²) >= 11 is 0. The van der Waals surface area contributed by atoms with Crippen LogP contribution in [0.25, 0.3) is 10.9 Å². The molecule has 0 saturated carbocycles. The molecule has 1 fully saturated rings. The number of halogens is 2. The lowest BCUT2D eigenvalue weighted by atomic mass is 9.93. The van der Waals surface area contributed by atoms with Gasteiger partial charge in [-0.25, -0.2) is 4.39 Å². The Morgan fingerprint density at radius 3 is 2.75 bits per heavy atom. The summed E-state index contributed by atoms with van der Waals surface area (Å²) in [5, 5.41) is 4.45. The van der Waals surface area contributed by atoms with Gasteiger partial charge in [-0.3, -0.25) is 0 Å². The Kier molecular flexibility index (Phi) is 2.91. The lowest BCUT2D eigenvalue weighted by Gasteiger charge is -2.26. The molecule has 0 unspecified atom stereocenters. The van der Waals surface area contributed by atoms with E-state index in [1.54, 1.807) is 6.07 Å². The fourth-order valence-electron chi connectivity index (χ4n) is 2.22. The summed E-state index contributed by atoms with van der Waals surface area (Å²) in [7, 11) is 1.97. The van der Waals surface area contributed by atoms with Gasteiger partial charge in [-0.2, -0.15) is 0 Å². The zero-order valence-electron chi connectivity index (χ0n) is 9.03. The summed E-state index contributed by atoms with van der Waals surface area (Å²) in [6.45, 7) is 2.08. The maximum absolute atomic E-state index is 13.1. The van der Waals surface area contributed by atoms with Crippen LogP contribution in [0, 0.1) is 5.82 Å². The number of aryl methyl sites for hydroxylation is 1. The first-order valence-electron chi connectivity index (χ1n) is 5.21. The van der Waals surface area contributed by atoms with Gasteiger partial charge < -0.3 is 9.88 Å². The quantitative estimate of drug-likeness (QED) is 0.810. The van der Waals surface area contributed by atoms with E-state index in [9.17, 15) is 4.39 Å². The predicted octanol–water partition coefficient (Wildman–Crippen LogP) is 2.43. The van der Waals surface area contributed by atoms with Crippen molar-refractivity contribution >= 4 is 23.3 Å². The van der Waals surface area contributed by atoms with Gasteiger partial charge in [0.25, 0.3) is 0 Å². The van der Waals surface area contributed by atoms with Crippen LogP contribution in [0.4, 0.5) is 4.39 Å². The highest BCUT2D eigenvalue weighted by Gasteiger charge is 2.22. The van der Waals surface area contributed by atoms with E-state index >= 15 is 0 Å². The third kappa shape index (κ3) is 1.60. The van der Waals surface area contributed by atoms with E-state index in [1.807, 2.05) is 17.7 Å². The Morgan fingerprint density at radius 1 is 1.38 bits per heavy atom. The van der Waals surface area contributed by atoms with Crippen molar-refractivity contribution in [2.45, 2.75) is 5.92 Å². The van der Waals surface area contributed by atoms with Gasteiger partial charge in [0, 0.05) is 37.6 Å². The lowest BCUT2D eigenvalue weighted by molar-refractivity contribution is 0.450. The number of benzene rings is 1. The second kappa shape index (κ2) is 4.07. The molecule has 4 heteroatoms. The molecule has 2 heterocycles. The molecule has 2 nitrogen and oxygen atoms in total. The first-order valence-corrected chi connectivity index (χ1v) is 5.21. The van der Waals surface area contributed by atoms with E-state index in [4.69, 9.17) is 0 Å². The lowest BCUT2D eigenvalue weighted by Crippen LogP contribution is -2.39. The molecule has 3 rings (SSSR count). The summed E-state index contributed by atoms with van der Waals surface area (Å²) in [5.41, 5.74) is 2.32. The van der Waals surface area contributed by atoms with Crippen molar-refractivity contribution in [3.63, 3.8) is 0 Å². The molecule has 16 heavy (non-hydrogen) atoms. The highest BCUT2D eigenvalue weighted by molar-refractivity contribution is 5.85. The number of nitrogens with one attached hydrogen (secondary N) is 1. The molecule has 86 valence electrons. The largest absolute Gasteiger partial charge is 0.350 e. The first kappa shape index (κ1) is 11.4. The van der Waals surface area contributed by atoms with Crippen molar-refractivity contribution in [3.05, 3.63) is 35.8 Å². The highest BCUT2D eigenvalue weighted by atomic mass is 35.5. The standard InChI is InChI=1S/C12H13FN2.ClH/c1-15-7-11(8-5-14-6-8)10-3-2-9(13)4-12(10)15;/h2-4,7-8,14H,5-6H2,1H3;1H. The second-order valence-electron chi connectivity index (χ2n) is 4.21.